The van der Waals surface area contributed by atoms with E-state index >= 15 is 0 Å². The summed E-state index contributed by atoms with van der Waals surface area (Å²) in [5.41, 5.74) is 1.94. The van der Waals surface area contributed by atoms with Gasteiger partial charge < -0.3 is 10.1 Å². The van der Waals surface area contributed by atoms with Gasteiger partial charge in [-0.25, -0.2) is 0 Å². The first-order valence-electron chi connectivity index (χ1n) is 8.42. The number of carbonyl (C=O) groups excluding carboxylic acids is 1. The molecule has 1 amide bonds. The van der Waals surface area contributed by atoms with Crippen molar-refractivity contribution in [3.8, 4) is 0 Å². The standard InChI is InChI=1S/C20H22ClNO2/c21-17-10-8-16(9-11-17)19(15-5-2-1-3-6-15)20(23)22-18-7-4-13-24-14-12-18/h1-3,5-6,8-11,18-19H,4,7,12-14H2,(H,22,23). The number of hydrogen-bond donors (Lipinski definition) is 1. The second-order valence-corrected chi connectivity index (χ2v) is 6.58. The van der Waals surface area contributed by atoms with Gasteiger partial charge in [-0.05, 0) is 42.5 Å². The van der Waals surface area contributed by atoms with Crippen molar-refractivity contribution in [2.24, 2.45) is 0 Å². The molecule has 4 heteroatoms. The molecule has 1 aliphatic heterocycles. The van der Waals surface area contributed by atoms with Crippen molar-refractivity contribution in [2.45, 2.75) is 31.2 Å². The van der Waals surface area contributed by atoms with Crippen LogP contribution < -0.4 is 5.32 Å². The summed E-state index contributed by atoms with van der Waals surface area (Å²) in [6.45, 7) is 1.49. The van der Waals surface area contributed by atoms with Gasteiger partial charge in [0, 0.05) is 24.3 Å². The van der Waals surface area contributed by atoms with E-state index in [-0.39, 0.29) is 17.9 Å². The molecule has 0 aromatic heterocycles. The highest BCUT2D eigenvalue weighted by Crippen LogP contribution is 2.26. The molecule has 0 aliphatic carbocycles. The van der Waals surface area contributed by atoms with Crippen molar-refractivity contribution < 1.29 is 9.53 Å². The van der Waals surface area contributed by atoms with E-state index in [1.165, 1.54) is 0 Å². The minimum absolute atomic E-state index is 0.0374. The van der Waals surface area contributed by atoms with Crippen LogP contribution in [0.15, 0.2) is 54.6 Å². The van der Waals surface area contributed by atoms with Crippen LogP contribution in [0.2, 0.25) is 5.02 Å². The number of hydrogen-bond acceptors (Lipinski definition) is 2. The fourth-order valence-electron chi connectivity index (χ4n) is 3.13. The van der Waals surface area contributed by atoms with Crippen LogP contribution >= 0.6 is 11.6 Å². The number of ether oxygens (including phenoxy) is 1. The maximum absolute atomic E-state index is 13.0. The molecule has 24 heavy (non-hydrogen) atoms. The van der Waals surface area contributed by atoms with Crippen molar-refractivity contribution in [1.82, 2.24) is 5.32 Å². The smallest absolute Gasteiger partial charge is 0.232 e. The van der Waals surface area contributed by atoms with Crippen LogP contribution in [0.25, 0.3) is 0 Å². The van der Waals surface area contributed by atoms with Gasteiger partial charge in [-0.15, -0.1) is 0 Å². The van der Waals surface area contributed by atoms with Crippen molar-refractivity contribution in [3.63, 3.8) is 0 Å². The fourth-order valence-corrected chi connectivity index (χ4v) is 3.25. The molecule has 2 aromatic carbocycles. The van der Waals surface area contributed by atoms with E-state index < -0.39 is 0 Å². The predicted octanol–water partition coefficient (Wildman–Crippen LogP) is 4.16. The van der Waals surface area contributed by atoms with Crippen LogP contribution in [0.3, 0.4) is 0 Å². The topological polar surface area (TPSA) is 38.3 Å². The highest BCUT2D eigenvalue weighted by molar-refractivity contribution is 6.30. The van der Waals surface area contributed by atoms with Crippen molar-refractivity contribution in [3.05, 3.63) is 70.7 Å². The number of benzene rings is 2. The predicted molar refractivity (Wildman–Crippen MR) is 96.3 cm³/mol. The molecule has 2 aromatic rings. The summed E-state index contributed by atoms with van der Waals surface area (Å²) in [4.78, 5) is 13.0. The quantitative estimate of drug-likeness (QED) is 0.905. The zero-order chi connectivity index (χ0) is 16.8. The molecule has 1 fully saturated rings. The molecule has 1 aliphatic rings. The highest BCUT2D eigenvalue weighted by Gasteiger charge is 2.25. The average Bonchev–Trinajstić information content (AvgIpc) is 2.86. The molecule has 2 atom stereocenters. The lowest BCUT2D eigenvalue weighted by atomic mass is 9.90. The zero-order valence-corrected chi connectivity index (χ0v) is 14.3. The van der Waals surface area contributed by atoms with Gasteiger partial charge in [-0.3, -0.25) is 4.79 Å². The minimum Gasteiger partial charge on any atom is -0.381 e. The summed E-state index contributed by atoms with van der Waals surface area (Å²) in [7, 11) is 0. The van der Waals surface area contributed by atoms with Crippen molar-refractivity contribution in [2.75, 3.05) is 13.2 Å². The van der Waals surface area contributed by atoms with Gasteiger partial charge in [0.05, 0.1) is 5.92 Å². The van der Waals surface area contributed by atoms with Gasteiger partial charge >= 0.3 is 0 Å². The molecule has 2 unspecified atom stereocenters. The van der Waals surface area contributed by atoms with E-state index in [2.05, 4.69) is 5.32 Å². The van der Waals surface area contributed by atoms with Crippen LogP contribution in [-0.4, -0.2) is 25.2 Å². The van der Waals surface area contributed by atoms with E-state index in [0.717, 1.165) is 37.0 Å². The maximum Gasteiger partial charge on any atom is 0.232 e. The van der Waals surface area contributed by atoms with Crippen molar-refractivity contribution in [1.29, 1.82) is 0 Å². The summed E-state index contributed by atoms with van der Waals surface area (Å²) >= 11 is 6.00. The highest BCUT2D eigenvalue weighted by atomic mass is 35.5. The van der Waals surface area contributed by atoms with E-state index in [4.69, 9.17) is 16.3 Å². The average molecular weight is 344 g/mol. The van der Waals surface area contributed by atoms with Crippen LogP contribution in [0.5, 0.6) is 0 Å². The van der Waals surface area contributed by atoms with Gasteiger partial charge in [-0.1, -0.05) is 54.1 Å². The molecular formula is C20H22ClNO2. The first-order valence-corrected chi connectivity index (χ1v) is 8.80. The van der Waals surface area contributed by atoms with Crippen LogP contribution in [0.4, 0.5) is 0 Å². The first-order chi connectivity index (χ1) is 11.7. The maximum atomic E-state index is 13.0. The third kappa shape index (κ3) is 4.37. The van der Waals surface area contributed by atoms with Gasteiger partial charge in [0.2, 0.25) is 5.91 Å². The van der Waals surface area contributed by atoms with E-state index in [1.807, 2.05) is 54.6 Å². The second-order valence-electron chi connectivity index (χ2n) is 6.14. The van der Waals surface area contributed by atoms with E-state index in [9.17, 15) is 4.79 Å². The van der Waals surface area contributed by atoms with Crippen LogP contribution in [-0.2, 0) is 9.53 Å². The minimum atomic E-state index is -0.326. The molecule has 0 saturated carbocycles. The summed E-state index contributed by atoms with van der Waals surface area (Å²) in [5.74, 6) is -0.289. The van der Waals surface area contributed by atoms with Crippen LogP contribution in [0, 0.1) is 0 Å². The fraction of sp³-hybridized carbons (Fsp3) is 0.350. The number of nitrogens with one attached hydrogen (secondary N) is 1. The molecule has 3 rings (SSSR count). The third-order valence-electron chi connectivity index (χ3n) is 4.40. The summed E-state index contributed by atoms with van der Waals surface area (Å²) in [6, 6.07) is 17.6. The largest absolute Gasteiger partial charge is 0.381 e. The normalized spacial score (nSPS) is 19.3. The summed E-state index contributed by atoms with van der Waals surface area (Å²) in [6.07, 6.45) is 2.82. The lowest BCUT2D eigenvalue weighted by molar-refractivity contribution is -0.122. The molecular weight excluding hydrogens is 322 g/mol. The third-order valence-corrected chi connectivity index (χ3v) is 4.65. The van der Waals surface area contributed by atoms with Crippen molar-refractivity contribution >= 4 is 17.5 Å². The van der Waals surface area contributed by atoms with Gasteiger partial charge in [0.25, 0.3) is 0 Å². The van der Waals surface area contributed by atoms with Gasteiger partial charge in [-0.2, -0.15) is 0 Å². The summed E-state index contributed by atoms with van der Waals surface area (Å²) < 4.78 is 5.48. The Morgan fingerprint density at radius 2 is 1.71 bits per heavy atom. The van der Waals surface area contributed by atoms with E-state index in [0.29, 0.717) is 11.6 Å². The molecule has 0 bridgehead atoms. The lowest BCUT2D eigenvalue weighted by Crippen LogP contribution is -2.38. The Morgan fingerprint density at radius 1 is 1.00 bits per heavy atom. The van der Waals surface area contributed by atoms with Crippen LogP contribution in [0.1, 0.15) is 36.3 Å². The molecule has 1 saturated heterocycles. The molecule has 3 nitrogen and oxygen atoms in total. The molecule has 1 N–H and O–H groups in total. The van der Waals surface area contributed by atoms with Gasteiger partial charge in [0.15, 0.2) is 0 Å². The Kier molecular flexibility index (Phi) is 5.89. The van der Waals surface area contributed by atoms with E-state index in [1.54, 1.807) is 0 Å². The lowest BCUT2D eigenvalue weighted by Gasteiger charge is -2.22. The Balaban J connectivity index is 1.83. The monoisotopic (exact) mass is 343 g/mol. The Hall–Kier alpha value is -1.84. The number of rotatable bonds is 4. The SMILES string of the molecule is O=C(NC1CCCOCC1)C(c1ccccc1)c1ccc(Cl)cc1. The molecule has 1 heterocycles. The zero-order valence-electron chi connectivity index (χ0n) is 13.6. The number of amides is 1. The molecule has 0 spiro atoms. The Morgan fingerprint density at radius 3 is 2.46 bits per heavy atom. The summed E-state index contributed by atoms with van der Waals surface area (Å²) in [5, 5.41) is 3.89. The Bertz CT molecular complexity index is 649. The first kappa shape index (κ1) is 17.0. The number of carbonyl (C=O) groups is 1. The Labute approximate surface area is 148 Å². The molecule has 0 radical (unpaired) electrons. The van der Waals surface area contributed by atoms with Gasteiger partial charge in [0.1, 0.15) is 0 Å². The number of halogens is 1. The molecule has 126 valence electrons. The second kappa shape index (κ2) is 8.32.